The Morgan fingerprint density at radius 3 is 2.41 bits per heavy atom. The molecule has 170 valence electrons. The summed E-state index contributed by atoms with van der Waals surface area (Å²) in [6.45, 7) is 0.550. The third-order valence-electron chi connectivity index (χ3n) is 5.62. The largest absolute Gasteiger partial charge is 0.342 e. The number of aromatic nitrogens is 1. The zero-order valence-electron chi connectivity index (χ0n) is 17.7. The first-order valence-electron chi connectivity index (χ1n) is 10.4. The number of para-hydroxylation sites is 1. The highest BCUT2D eigenvalue weighted by atomic mass is 35.5. The van der Waals surface area contributed by atoms with Gasteiger partial charge < -0.3 is 4.57 Å². The van der Waals surface area contributed by atoms with E-state index in [1.165, 1.54) is 17.0 Å². The zero-order chi connectivity index (χ0) is 23.8. The molecule has 2 amide bonds. The van der Waals surface area contributed by atoms with Crippen LogP contribution in [0, 0.1) is 5.82 Å². The van der Waals surface area contributed by atoms with Crippen LogP contribution in [0.3, 0.4) is 0 Å². The Labute approximate surface area is 209 Å². The molecule has 0 spiro atoms. The average Bonchev–Trinajstić information content (AvgIpc) is 3.29. The fraction of sp³-hybridized carbons (Fsp3) is 0.0769. The van der Waals surface area contributed by atoms with Gasteiger partial charge in [0.15, 0.2) is 0 Å². The van der Waals surface area contributed by atoms with Gasteiger partial charge in [-0.1, -0.05) is 65.7 Å². The molecule has 0 atom stereocenters. The molecule has 0 aliphatic carbocycles. The van der Waals surface area contributed by atoms with E-state index in [1.807, 2.05) is 41.1 Å². The van der Waals surface area contributed by atoms with Crippen molar-refractivity contribution in [1.82, 2.24) is 9.47 Å². The van der Waals surface area contributed by atoms with E-state index in [1.54, 1.807) is 30.3 Å². The van der Waals surface area contributed by atoms with E-state index < -0.39 is 0 Å². The van der Waals surface area contributed by atoms with Gasteiger partial charge in [0.05, 0.1) is 11.4 Å². The zero-order valence-corrected chi connectivity index (χ0v) is 20.0. The van der Waals surface area contributed by atoms with Crippen molar-refractivity contribution in [3.8, 4) is 0 Å². The second-order valence-corrected chi connectivity index (χ2v) is 9.63. The summed E-state index contributed by atoms with van der Waals surface area (Å²) in [5, 5.41) is 1.45. The highest BCUT2D eigenvalue weighted by Crippen LogP contribution is 2.36. The lowest BCUT2D eigenvalue weighted by molar-refractivity contribution is -0.123. The lowest BCUT2D eigenvalue weighted by Crippen LogP contribution is -2.27. The summed E-state index contributed by atoms with van der Waals surface area (Å²) in [5.41, 5.74) is 3.22. The monoisotopic (exact) mass is 510 g/mol. The van der Waals surface area contributed by atoms with Crippen molar-refractivity contribution >= 4 is 63.1 Å². The normalized spacial score (nSPS) is 15.1. The molecule has 0 bridgehead atoms. The van der Waals surface area contributed by atoms with E-state index in [0.717, 1.165) is 33.8 Å². The van der Waals surface area contributed by atoms with E-state index in [2.05, 4.69) is 0 Å². The number of imide groups is 1. The summed E-state index contributed by atoms with van der Waals surface area (Å²) in [6, 6.07) is 19.2. The number of hydrogen-bond donors (Lipinski definition) is 0. The fourth-order valence-electron chi connectivity index (χ4n) is 3.93. The molecular formula is C26H17Cl2FN2O2S. The van der Waals surface area contributed by atoms with Crippen molar-refractivity contribution in [1.29, 1.82) is 0 Å². The molecule has 0 N–H and O–H groups in total. The van der Waals surface area contributed by atoms with Crippen LogP contribution in [-0.4, -0.2) is 20.6 Å². The molecule has 3 aromatic carbocycles. The maximum Gasteiger partial charge on any atom is 0.293 e. The van der Waals surface area contributed by atoms with Gasteiger partial charge in [-0.3, -0.25) is 14.5 Å². The van der Waals surface area contributed by atoms with Crippen LogP contribution >= 0.6 is 35.0 Å². The average molecular weight is 511 g/mol. The van der Waals surface area contributed by atoms with Gasteiger partial charge in [-0.15, -0.1) is 0 Å². The van der Waals surface area contributed by atoms with Crippen LogP contribution in [0.5, 0.6) is 0 Å². The van der Waals surface area contributed by atoms with Crippen molar-refractivity contribution in [2.75, 3.05) is 0 Å². The van der Waals surface area contributed by atoms with Crippen LogP contribution in [0.1, 0.15) is 16.7 Å². The van der Waals surface area contributed by atoms with Gasteiger partial charge in [-0.05, 0) is 53.2 Å². The number of rotatable bonds is 5. The molecule has 0 radical (unpaired) electrons. The number of nitrogens with zero attached hydrogens (tertiary/aromatic N) is 2. The van der Waals surface area contributed by atoms with Crippen molar-refractivity contribution in [3.05, 3.63) is 110 Å². The molecule has 5 rings (SSSR count). The van der Waals surface area contributed by atoms with E-state index >= 15 is 0 Å². The van der Waals surface area contributed by atoms with Gasteiger partial charge in [-0.2, -0.15) is 0 Å². The molecule has 34 heavy (non-hydrogen) atoms. The Morgan fingerprint density at radius 1 is 0.882 bits per heavy atom. The van der Waals surface area contributed by atoms with E-state index in [4.69, 9.17) is 23.2 Å². The number of halogens is 3. The molecule has 4 aromatic rings. The molecule has 2 heterocycles. The Bertz CT molecular complexity index is 1480. The summed E-state index contributed by atoms with van der Waals surface area (Å²) < 4.78 is 15.5. The SMILES string of the molecule is O=C1S/C(=C\c2cn(Cc3ccc(F)cc3Cl)c3ccccc23)C(=O)N1Cc1ccccc1Cl. The van der Waals surface area contributed by atoms with Crippen LogP contribution in [0.4, 0.5) is 9.18 Å². The highest BCUT2D eigenvalue weighted by Gasteiger charge is 2.35. The maximum atomic E-state index is 13.5. The topological polar surface area (TPSA) is 42.3 Å². The van der Waals surface area contributed by atoms with Gasteiger partial charge in [-0.25, -0.2) is 4.39 Å². The number of carbonyl (C=O) groups excluding carboxylic acids is 2. The van der Waals surface area contributed by atoms with E-state index in [-0.39, 0.29) is 23.5 Å². The minimum atomic E-state index is -0.390. The summed E-state index contributed by atoms with van der Waals surface area (Å²) in [5.74, 6) is -0.743. The van der Waals surface area contributed by atoms with Gasteiger partial charge in [0.25, 0.3) is 11.1 Å². The standard InChI is InChI=1S/C26H17Cl2FN2O2S/c27-21-7-3-1-5-16(21)15-31-25(32)24(34-26(31)33)11-18-14-30(23-8-4-2-6-20(18)23)13-17-9-10-19(29)12-22(17)28/h1-12,14H,13,15H2/b24-11-. The fourth-order valence-corrected chi connectivity index (χ4v) is 5.18. The molecule has 1 aliphatic heterocycles. The predicted molar refractivity (Wildman–Crippen MR) is 135 cm³/mol. The van der Waals surface area contributed by atoms with Gasteiger partial charge >= 0.3 is 0 Å². The van der Waals surface area contributed by atoms with Crippen molar-refractivity contribution in [2.24, 2.45) is 0 Å². The minimum Gasteiger partial charge on any atom is -0.342 e. The molecule has 8 heteroatoms. The van der Waals surface area contributed by atoms with Crippen LogP contribution in [-0.2, 0) is 17.9 Å². The molecule has 0 unspecified atom stereocenters. The molecule has 1 saturated heterocycles. The van der Waals surface area contributed by atoms with Crippen LogP contribution in [0.25, 0.3) is 17.0 Å². The second-order valence-electron chi connectivity index (χ2n) is 7.82. The number of thioether (sulfide) groups is 1. The number of fused-ring (bicyclic) bond motifs is 1. The number of carbonyl (C=O) groups is 2. The molecule has 1 aliphatic rings. The molecule has 4 nitrogen and oxygen atoms in total. The Balaban J connectivity index is 1.48. The number of hydrogen-bond acceptors (Lipinski definition) is 3. The molecule has 1 aromatic heterocycles. The maximum absolute atomic E-state index is 13.5. The summed E-state index contributed by atoms with van der Waals surface area (Å²) in [7, 11) is 0. The Kier molecular flexibility index (Phi) is 6.21. The van der Waals surface area contributed by atoms with Gasteiger partial charge in [0.1, 0.15) is 5.82 Å². The first kappa shape index (κ1) is 22.7. The number of amides is 2. The third kappa shape index (κ3) is 4.37. The van der Waals surface area contributed by atoms with Crippen molar-refractivity contribution < 1.29 is 14.0 Å². The molecule has 0 saturated carbocycles. The van der Waals surface area contributed by atoms with E-state index in [0.29, 0.717) is 27.1 Å². The summed E-state index contributed by atoms with van der Waals surface area (Å²) in [4.78, 5) is 27.2. The van der Waals surface area contributed by atoms with Crippen molar-refractivity contribution in [2.45, 2.75) is 13.1 Å². The minimum absolute atomic E-state index is 0.118. The highest BCUT2D eigenvalue weighted by molar-refractivity contribution is 8.18. The smallest absolute Gasteiger partial charge is 0.293 e. The first-order valence-corrected chi connectivity index (χ1v) is 12.0. The Hall–Kier alpha value is -3.06. The third-order valence-corrected chi connectivity index (χ3v) is 7.25. The lowest BCUT2D eigenvalue weighted by Gasteiger charge is -2.13. The summed E-state index contributed by atoms with van der Waals surface area (Å²) >= 11 is 13.4. The van der Waals surface area contributed by atoms with Gasteiger partial charge in [0.2, 0.25) is 0 Å². The molecular weight excluding hydrogens is 494 g/mol. The lowest BCUT2D eigenvalue weighted by atomic mass is 10.1. The molecule has 1 fully saturated rings. The van der Waals surface area contributed by atoms with E-state index in [9.17, 15) is 14.0 Å². The predicted octanol–water partition coefficient (Wildman–Crippen LogP) is 7.37. The van der Waals surface area contributed by atoms with Crippen LogP contribution < -0.4 is 0 Å². The summed E-state index contributed by atoms with van der Waals surface area (Å²) in [6.07, 6.45) is 3.65. The second kappa shape index (κ2) is 9.29. The van der Waals surface area contributed by atoms with Gasteiger partial charge in [0, 0.05) is 39.3 Å². The van der Waals surface area contributed by atoms with Crippen LogP contribution in [0.15, 0.2) is 77.8 Å². The van der Waals surface area contributed by atoms with Crippen LogP contribution in [0.2, 0.25) is 10.0 Å². The number of benzene rings is 3. The van der Waals surface area contributed by atoms with Crippen molar-refractivity contribution in [3.63, 3.8) is 0 Å². The first-order chi connectivity index (χ1) is 16.4. The quantitative estimate of drug-likeness (QED) is 0.263. The Morgan fingerprint density at radius 2 is 1.62 bits per heavy atom.